The predicted octanol–water partition coefficient (Wildman–Crippen LogP) is 4.36. The molecule has 0 unspecified atom stereocenters. The van der Waals surface area contributed by atoms with Gasteiger partial charge in [-0.15, -0.1) is 0 Å². The number of aryl methyl sites for hydroxylation is 2. The zero-order valence-electron chi connectivity index (χ0n) is 16.9. The van der Waals surface area contributed by atoms with Gasteiger partial charge in [-0.1, -0.05) is 36.4 Å². The van der Waals surface area contributed by atoms with Gasteiger partial charge < -0.3 is 20.3 Å². The highest BCUT2D eigenvalue weighted by Gasteiger charge is 2.22. The second-order valence-corrected chi connectivity index (χ2v) is 7.43. The molecule has 1 heterocycles. The van der Waals surface area contributed by atoms with Crippen molar-refractivity contribution < 1.29 is 9.53 Å². The van der Waals surface area contributed by atoms with E-state index >= 15 is 0 Å². The monoisotopic (exact) mass is 381 g/mol. The molecule has 1 fully saturated rings. The number of urea groups is 1. The first-order chi connectivity index (χ1) is 13.6. The van der Waals surface area contributed by atoms with Crippen LogP contribution >= 0.6 is 0 Å². The van der Waals surface area contributed by atoms with E-state index in [1.54, 1.807) is 0 Å². The number of rotatable bonds is 7. The summed E-state index contributed by atoms with van der Waals surface area (Å²) in [6.45, 7) is 6.92. The van der Waals surface area contributed by atoms with E-state index in [2.05, 4.69) is 48.7 Å². The first-order valence-electron chi connectivity index (χ1n) is 10.2. The number of amides is 2. The Hall–Kier alpha value is -2.69. The van der Waals surface area contributed by atoms with Crippen LogP contribution in [0, 0.1) is 13.8 Å². The van der Waals surface area contributed by atoms with Gasteiger partial charge in [-0.25, -0.2) is 4.79 Å². The molecule has 0 radical (unpaired) electrons. The molecule has 150 valence electrons. The highest BCUT2D eigenvalue weighted by molar-refractivity contribution is 5.74. The molecular formula is C23H31N3O2. The minimum absolute atomic E-state index is 0.0326. The summed E-state index contributed by atoms with van der Waals surface area (Å²) in [5, 5.41) is 6.57. The van der Waals surface area contributed by atoms with Crippen molar-refractivity contribution in [2.45, 2.75) is 39.2 Å². The number of para-hydroxylation sites is 2. The maximum Gasteiger partial charge on any atom is 0.317 e. The molecule has 3 rings (SSSR count). The number of benzene rings is 2. The number of carbonyl (C=O) groups excluding carboxylic acids is 1. The van der Waals surface area contributed by atoms with Crippen LogP contribution in [0.2, 0.25) is 0 Å². The quantitative estimate of drug-likeness (QED) is 0.701. The second kappa shape index (κ2) is 10.0. The van der Waals surface area contributed by atoms with Crippen LogP contribution in [-0.4, -0.2) is 43.2 Å². The Bertz CT molecular complexity index is 735. The molecular weight excluding hydrogens is 350 g/mol. The Morgan fingerprint density at radius 1 is 1.04 bits per heavy atom. The number of likely N-dealkylation sites (tertiary alicyclic amines) is 1. The molecule has 1 aliphatic rings. The van der Waals surface area contributed by atoms with Crippen molar-refractivity contribution in [3.8, 4) is 5.75 Å². The van der Waals surface area contributed by atoms with Crippen LogP contribution in [0.3, 0.4) is 0 Å². The molecule has 0 bridgehead atoms. The summed E-state index contributed by atoms with van der Waals surface area (Å²) in [4.78, 5) is 14.3. The van der Waals surface area contributed by atoms with Crippen LogP contribution < -0.4 is 15.4 Å². The molecule has 2 aromatic carbocycles. The third-order valence-corrected chi connectivity index (χ3v) is 5.18. The average molecular weight is 382 g/mol. The van der Waals surface area contributed by atoms with Gasteiger partial charge in [0.1, 0.15) is 5.75 Å². The molecule has 28 heavy (non-hydrogen) atoms. The maximum absolute atomic E-state index is 12.4. The van der Waals surface area contributed by atoms with Crippen molar-refractivity contribution in [3.63, 3.8) is 0 Å². The van der Waals surface area contributed by atoms with E-state index in [1.807, 2.05) is 29.2 Å². The Kier molecular flexibility index (Phi) is 7.18. The number of nitrogens with one attached hydrogen (secondary N) is 2. The highest BCUT2D eigenvalue weighted by atomic mass is 16.5. The van der Waals surface area contributed by atoms with Gasteiger partial charge >= 0.3 is 6.03 Å². The van der Waals surface area contributed by atoms with Crippen LogP contribution in [0.5, 0.6) is 5.75 Å². The first-order valence-corrected chi connectivity index (χ1v) is 10.2. The van der Waals surface area contributed by atoms with E-state index in [0.29, 0.717) is 19.2 Å². The minimum atomic E-state index is 0.0326. The average Bonchev–Trinajstić information content (AvgIpc) is 2.71. The number of nitrogens with zero attached hydrogens (tertiary/aromatic N) is 1. The molecule has 5 heteroatoms. The number of hydrogen-bond acceptors (Lipinski definition) is 3. The van der Waals surface area contributed by atoms with E-state index in [4.69, 9.17) is 4.74 Å². The van der Waals surface area contributed by atoms with Gasteiger partial charge in [0, 0.05) is 31.4 Å². The fraction of sp³-hybridized carbons (Fsp3) is 0.435. The van der Waals surface area contributed by atoms with E-state index in [1.165, 1.54) is 0 Å². The zero-order chi connectivity index (χ0) is 19.8. The van der Waals surface area contributed by atoms with Gasteiger partial charge in [0.05, 0.1) is 6.61 Å². The Morgan fingerprint density at radius 2 is 1.71 bits per heavy atom. The van der Waals surface area contributed by atoms with E-state index < -0.39 is 0 Å². The largest absolute Gasteiger partial charge is 0.493 e. The lowest BCUT2D eigenvalue weighted by Gasteiger charge is -2.33. The lowest BCUT2D eigenvalue weighted by atomic mass is 10.0. The summed E-state index contributed by atoms with van der Waals surface area (Å²) < 4.78 is 5.89. The number of ether oxygens (including phenoxy) is 1. The number of carbonyl (C=O) groups is 1. The molecule has 0 atom stereocenters. The van der Waals surface area contributed by atoms with Crippen molar-refractivity contribution in [2.75, 3.05) is 31.6 Å². The summed E-state index contributed by atoms with van der Waals surface area (Å²) in [7, 11) is 0. The highest BCUT2D eigenvalue weighted by Crippen LogP contribution is 2.22. The third-order valence-electron chi connectivity index (χ3n) is 5.18. The minimum Gasteiger partial charge on any atom is -0.493 e. The van der Waals surface area contributed by atoms with Gasteiger partial charge in [0.15, 0.2) is 0 Å². The lowest BCUT2D eigenvalue weighted by Crippen LogP contribution is -2.47. The molecule has 2 aromatic rings. The van der Waals surface area contributed by atoms with Gasteiger partial charge in [0.2, 0.25) is 0 Å². The zero-order valence-corrected chi connectivity index (χ0v) is 16.9. The van der Waals surface area contributed by atoms with E-state index in [-0.39, 0.29) is 6.03 Å². The molecule has 1 saturated heterocycles. The Balaban J connectivity index is 1.31. The van der Waals surface area contributed by atoms with Gasteiger partial charge in [-0.05, 0) is 56.4 Å². The predicted molar refractivity (Wildman–Crippen MR) is 114 cm³/mol. The van der Waals surface area contributed by atoms with Crippen LogP contribution in [0.1, 0.15) is 30.4 Å². The van der Waals surface area contributed by atoms with Crippen LogP contribution in [0.4, 0.5) is 10.5 Å². The Labute approximate surface area is 168 Å². The number of anilines is 1. The van der Waals surface area contributed by atoms with Crippen LogP contribution in [0.15, 0.2) is 48.5 Å². The third kappa shape index (κ3) is 5.65. The van der Waals surface area contributed by atoms with E-state index in [0.717, 1.165) is 54.9 Å². The summed E-state index contributed by atoms with van der Waals surface area (Å²) in [6, 6.07) is 16.9. The second-order valence-electron chi connectivity index (χ2n) is 7.43. The fourth-order valence-corrected chi connectivity index (χ4v) is 3.58. The van der Waals surface area contributed by atoms with E-state index in [9.17, 15) is 4.79 Å². The van der Waals surface area contributed by atoms with Crippen molar-refractivity contribution in [3.05, 3.63) is 59.7 Å². The maximum atomic E-state index is 12.4. The molecule has 0 saturated carbocycles. The number of hydrogen-bond donors (Lipinski definition) is 2. The summed E-state index contributed by atoms with van der Waals surface area (Å²) in [5.74, 6) is 0.960. The summed E-state index contributed by atoms with van der Waals surface area (Å²) in [5.41, 5.74) is 3.45. The fourth-order valence-electron chi connectivity index (χ4n) is 3.58. The van der Waals surface area contributed by atoms with Crippen molar-refractivity contribution in [2.24, 2.45) is 0 Å². The van der Waals surface area contributed by atoms with Crippen LogP contribution in [0.25, 0.3) is 0 Å². The van der Waals surface area contributed by atoms with Gasteiger partial charge in [0.25, 0.3) is 0 Å². The molecule has 2 amide bonds. The normalized spacial score (nSPS) is 14.6. The molecule has 0 aliphatic carbocycles. The lowest BCUT2D eigenvalue weighted by molar-refractivity contribution is 0.182. The molecule has 5 nitrogen and oxygen atoms in total. The SMILES string of the molecule is Cc1cccc(C)c1OCCCNC(=O)N1CCC(Nc2ccccc2)CC1. The first kappa shape index (κ1) is 20.1. The van der Waals surface area contributed by atoms with Crippen molar-refractivity contribution in [1.82, 2.24) is 10.2 Å². The topological polar surface area (TPSA) is 53.6 Å². The van der Waals surface area contributed by atoms with Crippen LogP contribution in [-0.2, 0) is 0 Å². The summed E-state index contributed by atoms with van der Waals surface area (Å²) >= 11 is 0. The summed E-state index contributed by atoms with van der Waals surface area (Å²) in [6.07, 6.45) is 2.74. The molecule has 2 N–H and O–H groups in total. The number of piperidine rings is 1. The molecule has 0 aromatic heterocycles. The molecule has 1 aliphatic heterocycles. The molecule has 0 spiro atoms. The Morgan fingerprint density at radius 3 is 2.39 bits per heavy atom. The van der Waals surface area contributed by atoms with Gasteiger partial charge in [-0.2, -0.15) is 0 Å². The standard InChI is InChI=1S/C23H31N3O2/c1-18-8-6-9-19(2)22(18)28-17-7-14-24-23(27)26-15-12-21(13-16-26)25-20-10-4-3-5-11-20/h3-6,8-11,21,25H,7,12-17H2,1-2H3,(H,24,27). The van der Waals surface area contributed by atoms with Gasteiger partial charge in [-0.3, -0.25) is 0 Å². The van der Waals surface area contributed by atoms with Crippen molar-refractivity contribution in [1.29, 1.82) is 0 Å². The van der Waals surface area contributed by atoms with Crippen molar-refractivity contribution >= 4 is 11.7 Å². The smallest absolute Gasteiger partial charge is 0.317 e.